The number of halogens is 2. The zero-order chi connectivity index (χ0) is 12.4. The van der Waals surface area contributed by atoms with Crippen molar-refractivity contribution in [3.63, 3.8) is 0 Å². The van der Waals surface area contributed by atoms with Gasteiger partial charge in [0.15, 0.2) is 0 Å². The number of alkyl halides is 2. The second-order valence-electron chi connectivity index (χ2n) is 5.94. The first-order valence-corrected chi connectivity index (χ1v) is 6.79. The van der Waals surface area contributed by atoms with E-state index < -0.39 is 18.3 Å². The number of nitriles is 1. The molecule has 0 saturated heterocycles. The zero-order valence-corrected chi connectivity index (χ0v) is 10.4. The van der Waals surface area contributed by atoms with Gasteiger partial charge in [0.2, 0.25) is 0 Å². The van der Waals surface area contributed by atoms with Crippen molar-refractivity contribution in [3.05, 3.63) is 0 Å². The van der Waals surface area contributed by atoms with Crippen LogP contribution >= 0.6 is 0 Å². The number of hydrogen-bond acceptors (Lipinski definition) is 1. The van der Waals surface area contributed by atoms with E-state index in [-0.39, 0.29) is 5.92 Å². The highest BCUT2D eigenvalue weighted by atomic mass is 19.1. The Morgan fingerprint density at radius 2 is 1.47 bits per heavy atom. The van der Waals surface area contributed by atoms with Gasteiger partial charge in [0.25, 0.3) is 0 Å². The second-order valence-corrected chi connectivity index (χ2v) is 5.94. The summed E-state index contributed by atoms with van der Waals surface area (Å²) < 4.78 is 27.4. The first-order valence-electron chi connectivity index (χ1n) is 6.79. The molecule has 0 aromatic heterocycles. The first-order chi connectivity index (χ1) is 8.11. The summed E-state index contributed by atoms with van der Waals surface area (Å²) in [6, 6.07) is 1.78. The summed E-state index contributed by atoms with van der Waals surface area (Å²) in [6.45, 7) is 2.25. The Morgan fingerprint density at radius 3 is 1.94 bits per heavy atom. The minimum Gasteiger partial charge on any atom is -0.246 e. The standard InChI is InChI=1S/C14H21F2N/c1-9-2-4-10(5-3-9)11-6-13(15)12(8-17)14(16)7-11/h9-14H,2-7H2,1H3. The number of hydrogen-bond donors (Lipinski definition) is 0. The lowest BCUT2D eigenvalue weighted by Gasteiger charge is -2.38. The molecular formula is C14H21F2N. The van der Waals surface area contributed by atoms with Crippen LogP contribution in [0.4, 0.5) is 8.78 Å². The molecule has 0 amide bonds. The molecule has 3 heteroatoms. The number of rotatable bonds is 1. The normalized spacial score (nSPS) is 47.4. The molecule has 0 aromatic rings. The molecule has 1 nitrogen and oxygen atoms in total. The van der Waals surface area contributed by atoms with E-state index >= 15 is 0 Å². The van der Waals surface area contributed by atoms with Gasteiger partial charge in [-0.2, -0.15) is 5.26 Å². The van der Waals surface area contributed by atoms with E-state index in [1.54, 1.807) is 6.07 Å². The van der Waals surface area contributed by atoms with Gasteiger partial charge in [-0.05, 0) is 43.4 Å². The van der Waals surface area contributed by atoms with Crippen LogP contribution in [0.5, 0.6) is 0 Å². The van der Waals surface area contributed by atoms with E-state index in [4.69, 9.17) is 5.26 Å². The van der Waals surface area contributed by atoms with Crippen LogP contribution in [-0.4, -0.2) is 12.3 Å². The first kappa shape index (κ1) is 12.8. The average molecular weight is 241 g/mol. The van der Waals surface area contributed by atoms with Crippen LogP contribution in [0.2, 0.25) is 0 Å². The molecule has 96 valence electrons. The Balaban J connectivity index is 1.93. The zero-order valence-electron chi connectivity index (χ0n) is 10.4. The van der Waals surface area contributed by atoms with Gasteiger partial charge in [-0.3, -0.25) is 0 Å². The molecule has 2 aliphatic rings. The van der Waals surface area contributed by atoms with Gasteiger partial charge in [-0.15, -0.1) is 0 Å². The molecule has 17 heavy (non-hydrogen) atoms. The predicted molar refractivity (Wildman–Crippen MR) is 62.7 cm³/mol. The summed E-state index contributed by atoms with van der Waals surface area (Å²) in [7, 11) is 0. The molecule has 0 N–H and O–H groups in total. The SMILES string of the molecule is CC1CCC(C2CC(F)C(C#N)C(F)C2)CC1. The largest absolute Gasteiger partial charge is 0.246 e. The van der Waals surface area contributed by atoms with E-state index in [1.165, 1.54) is 12.8 Å². The van der Waals surface area contributed by atoms with E-state index in [9.17, 15) is 8.78 Å². The van der Waals surface area contributed by atoms with Crippen molar-refractivity contribution in [3.8, 4) is 6.07 Å². The minimum atomic E-state index is -1.26. The quantitative estimate of drug-likeness (QED) is 0.679. The minimum absolute atomic E-state index is 0.164. The summed E-state index contributed by atoms with van der Waals surface area (Å²) in [5.41, 5.74) is 0. The van der Waals surface area contributed by atoms with Crippen molar-refractivity contribution >= 4 is 0 Å². The van der Waals surface area contributed by atoms with Crippen LogP contribution < -0.4 is 0 Å². The highest BCUT2D eigenvalue weighted by molar-refractivity contribution is 4.99. The molecule has 2 unspecified atom stereocenters. The van der Waals surface area contributed by atoms with Crippen LogP contribution in [0.1, 0.15) is 45.4 Å². The highest BCUT2D eigenvalue weighted by Crippen LogP contribution is 2.42. The molecule has 2 atom stereocenters. The van der Waals surface area contributed by atoms with Crippen LogP contribution in [0.25, 0.3) is 0 Å². The Labute approximate surface area is 102 Å². The van der Waals surface area contributed by atoms with Crippen LogP contribution in [0, 0.1) is 35.0 Å². The Morgan fingerprint density at radius 1 is 0.941 bits per heavy atom. The van der Waals surface area contributed by atoms with Crippen molar-refractivity contribution in [2.24, 2.45) is 23.7 Å². The van der Waals surface area contributed by atoms with E-state index in [0.717, 1.165) is 18.8 Å². The Bertz CT molecular complexity index is 279. The van der Waals surface area contributed by atoms with Crippen LogP contribution in [0.15, 0.2) is 0 Å². The van der Waals surface area contributed by atoms with E-state index in [1.807, 2.05) is 0 Å². The van der Waals surface area contributed by atoms with Gasteiger partial charge in [-0.25, -0.2) is 8.78 Å². The maximum Gasteiger partial charge on any atom is 0.119 e. The molecule has 0 heterocycles. The monoisotopic (exact) mass is 241 g/mol. The maximum absolute atomic E-state index is 13.7. The third-order valence-corrected chi connectivity index (χ3v) is 4.71. The van der Waals surface area contributed by atoms with Crippen molar-refractivity contribution in [2.75, 3.05) is 0 Å². The molecule has 2 aliphatic carbocycles. The van der Waals surface area contributed by atoms with Gasteiger partial charge >= 0.3 is 0 Å². The number of nitrogens with zero attached hydrogens (tertiary/aromatic N) is 1. The lowest BCUT2D eigenvalue weighted by molar-refractivity contribution is 0.0388. The van der Waals surface area contributed by atoms with E-state index in [0.29, 0.717) is 18.8 Å². The molecule has 0 aromatic carbocycles. The van der Waals surface area contributed by atoms with Gasteiger partial charge in [0, 0.05) is 0 Å². The van der Waals surface area contributed by atoms with E-state index in [2.05, 4.69) is 6.92 Å². The smallest absolute Gasteiger partial charge is 0.119 e. The Kier molecular flexibility index (Phi) is 4.01. The van der Waals surface area contributed by atoms with Crippen LogP contribution in [0.3, 0.4) is 0 Å². The molecule has 0 bridgehead atoms. The van der Waals surface area contributed by atoms with Crippen molar-refractivity contribution < 1.29 is 8.78 Å². The summed E-state index contributed by atoms with van der Waals surface area (Å²) in [4.78, 5) is 0. The fraction of sp³-hybridized carbons (Fsp3) is 0.929. The molecule has 0 radical (unpaired) electrons. The maximum atomic E-state index is 13.7. The average Bonchev–Trinajstić information content (AvgIpc) is 2.29. The van der Waals surface area contributed by atoms with Crippen molar-refractivity contribution in [2.45, 2.75) is 57.8 Å². The lowest BCUT2D eigenvalue weighted by atomic mass is 9.68. The molecular weight excluding hydrogens is 220 g/mol. The third-order valence-electron chi connectivity index (χ3n) is 4.71. The van der Waals surface area contributed by atoms with Gasteiger partial charge in [0.1, 0.15) is 18.3 Å². The van der Waals surface area contributed by atoms with Gasteiger partial charge < -0.3 is 0 Å². The summed E-state index contributed by atoms with van der Waals surface area (Å²) in [5, 5.41) is 8.73. The van der Waals surface area contributed by atoms with Crippen molar-refractivity contribution in [1.82, 2.24) is 0 Å². The third kappa shape index (κ3) is 2.78. The molecule has 2 rings (SSSR count). The molecule has 0 spiro atoms. The van der Waals surface area contributed by atoms with Crippen LogP contribution in [-0.2, 0) is 0 Å². The molecule has 0 aliphatic heterocycles. The molecule has 2 saturated carbocycles. The summed E-state index contributed by atoms with van der Waals surface area (Å²) in [5.74, 6) is 0.400. The van der Waals surface area contributed by atoms with Gasteiger partial charge in [0.05, 0.1) is 6.07 Å². The predicted octanol–water partition coefficient (Wildman–Crippen LogP) is 4.04. The van der Waals surface area contributed by atoms with Gasteiger partial charge in [-0.1, -0.05) is 19.8 Å². The molecule has 2 fully saturated rings. The lowest BCUT2D eigenvalue weighted by Crippen LogP contribution is -2.38. The fourth-order valence-electron chi connectivity index (χ4n) is 3.50. The summed E-state index contributed by atoms with van der Waals surface area (Å²) >= 11 is 0. The Hall–Kier alpha value is -0.650. The second kappa shape index (κ2) is 5.33. The highest BCUT2D eigenvalue weighted by Gasteiger charge is 2.41. The topological polar surface area (TPSA) is 23.8 Å². The summed E-state index contributed by atoms with van der Waals surface area (Å²) in [6.07, 6.45) is 2.90. The van der Waals surface area contributed by atoms with Crippen molar-refractivity contribution in [1.29, 1.82) is 5.26 Å². The fourth-order valence-corrected chi connectivity index (χ4v) is 3.50.